The lowest BCUT2D eigenvalue weighted by molar-refractivity contribution is 0.0896. The molecule has 0 fully saturated rings. The monoisotopic (exact) mass is 253 g/mol. The molecule has 0 aliphatic carbocycles. The molecule has 1 amide bonds. The minimum absolute atomic E-state index is 0.131. The van der Waals surface area contributed by atoms with E-state index in [0.29, 0.717) is 18.7 Å². The molecule has 0 saturated heterocycles. The zero-order chi connectivity index (χ0) is 13.9. The van der Waals surface area contributed by atoms with Gasteiger partial charge in [0, 0.05) is 19.3 Å². The fraction of sp³-hybridized carbons (Fsp3) is 0.692. The van der Waals surface area contributed by atoms with Gasteiger partial charge in [-0.05, 0) is 31.7 Å². The summed E-state index contributed by atoms with van der Waals surface area (Å²) in [5.74, 6) is -0.169. The van der Waals surface area contributed by atoms with Gasteiger partial charge in [-0.3, -0.25) is 9.48 Å². The van der Waals surface area contributed by atoms with Crippen LogP contribution in [0.2, 0.25) is 0 Å². The molecule has 1 unspecified atom stereocenters. The number of aryl methyl sites for hydroxylation is 2. The van der Waals surface area contributed by atoms with Crippen molar-refractivity contribution in [3.63, 3.8) is 0 Å². The van der Waals surface area contributed by atoms with Gasteiger partial charge in [-0.2, -0.15) is 5.10 Å². The zero-order valence-electron chi connectivity index (χ0n) is 11.8. The van der Waals surface area contributed by atoms with E-state index >= 15 is 0 Å². The third kappa shape index (κ3) is 4.14. The summed E-state index contributed by atoms with van der Waals surface area (Å²) >= 11 is 0. The third-order valence-corrected chi connectivity index (χ3v) is 2.92. The number of aliphatic hydroxyl groups is 1. The van der Waals surface area contributed by atoms with E-state index in [-0.39, 0.29) is 17.4 Å². The zero-order valence-corrected chi connectivity index (χ0v) is 11.8. The van der Waals surface area contributed by atoms with Crippen molar-refractivity contribution in [2.24, 2.45) is 12.5 Å². The molecule has 18 heavy (non-hydrogen) atoms. The maximum atomic E-state index is 11.9. The molecular weight excluding hydrogens is 230 g/mol. The highest BCUT2D eigenvalue weighted by Crippen LogP contribution is 2.21. The normalized spacial score (nSPS) is 13.4. The Bertz CT molecular complexity index is 402. The topological polar surface area (TPSA) is 67.2 Å². The predicted molar refractivity (Wildman–Crippen MR) is 70.4 cm³/mol. The van der Waals surface area contributed by atoms with E-state index in [1.54, 1.807) is 17.7 Å². The lowest BCUT2D eigenvalue weighted by Gasteiger charge is -2.26. The lowest BCUT2D eigenvalue weighted by atomic mass is 9.87. The number of rotatable bonds is 5. The fourth-order valence-electron chi connectivity index (χ4n) is 1.95. The maximum Gasteiger partial charge on any atom is 0.271 e. The second-order valence-corrected chi connectivity index (χ2v) is 5.69. The average molecular weight is 253 g/mol. The SMILES string of the molecule is Cc1cc(C(=O)NCC(C)(C)CC(C)O)nn1C. The van der Waals surface area contributed by atoms with Crippen LogP contribution in [0.1, 0.15) is 43.4 Å². The van der Waals surface area contributed by atoms with E-state index in [1.807, 2.05) is 27.8 Å². The predicted octanol–water partition coefficient (Wildman–Crippen LogP) is 1.26. The molecule has 0 aromatic carbocycles. The van der Waals surface area contributed by atoms with Crippen molar-refractivity contribution in [3.8, 4) is 0 Å². The summed E-state index contributed by atoms with van der Waals surface area (Å²) in [6.45, 7) is 8.21. The van der Waals surface area contributed by atoms with E-state index in [1.165, 1.54) is 0 Å². The van der Waals surface area contributed by atoms with Crippen molar-refractivity contribution in [1.82, 2.24) is 15.1 Å². The van der Waals surface area contributed by atoms with Crippen LogP contribution in [0.25, 0.3) is 0 Å². The molecule has 102 valence electrons. The quantitative estimate of drug-likeness (QED) is 0.830. The molecule has 1 aromatic heterocycles. The second kappa shape index (κ2) is 5.52. The van der Waals surface area contributed by atoms with Crippen molar-refractivity contribution in [2.75, 3.05) is 6.54 Å². The van der Waals surface area contributed by atoms with Gasteiger partial charge in [-0.1, -0.05) is 13.8 Å². The van der Waals surface area contributed by atoms with Gasteiger partial charge in [-0.25, -0.2) is 0 Å². The third-order valence-electron chi connectivity index (χ3n) is 2.92. The van der Waals surface area contributed by atoms with E-state index in [0.717, 1.165) is 5.69 Å². The molecule has 1 heterocycles. The van der Waals surface area contributed by atoms with E-state index in [4.69, 9.17) is 0 Å². The van der Waals surface area contributed by atoms with Gasteiger partial charge in [0.15, 0.2) is 0 Å². The summed E-state index contributed by atoms with van der Waals surface area (Å²) in [6, 6.07) is 1.76. The lowest BCUT2D eigenvalue weighted by Crippen LogP contribution is -2.35. The summed E-state index contributed by atoms with van der Waals surface area (Å²) in [6.07, 6.45) is 0.281. The molecule has 0 aliphatic rings. The van der Waals surface area contributed by atoms with Crippen LogP contribution >= 0.6 is 0 Å². The van der Waals surface area contributed by atoms with Crippen LogP contribution in [0.3, 0.4) is 0 Å². The van der Waals surface area contributed by atoms with Gasteiger partial charge < -0.3 is 10.4 Å². The Hall–Kier alpha value is -1.36. The van der Waals surface area contributed by atoms with Gasteiger partial charge in [-0.15, -0.1) is 0 Å². The highest BCUT2D eigenvalue weighted by atomic mass is 16.3. The van der Waals surface area contributed by atoms with Crippen molar-refractivity contribution in [1.29, 1.82) is 0 Å². The number of aliphatic hydroxyl groups excluding tert-OH is 1. The van der Waals surface area contributed by atoms with Crippen LogP contribution in [0.5, 0.6) is 0 Å². The van der Waals surface area contributed by atoms with Gasteiger partial charge in [0.2, 0.25) is 0 Å². The molecule has 0 bridgehead atoms. The molecular formula is C13H23N3O2. The van der Waals surface area contributed by atoms with E-state index in [9.17, 15) is 9.90 Å². The summed E-state index contributed by atoms with van der Waals surface area (Å²) in [5.41, 5.74) is 1.25. The smallest absolute Gasteiger partial charge is 0.271 e. The van der Waals surface area contributed by atoms with Gasteiger partial charge in [0.05, 0.1) is 6.10 Å². The van der Waals surface area contributed by atoms with Crippen LogP contribution in [0.15, 0.2) is 6.07 Å². The Morgan fingerprint density at radius 2 is 2.22 bits per heavy atom. The fourth-order valence-corrected chi connectivity index (χ4v) is 1.95. The van der Waals surface area contributed by atoms with Crippen molar-refractivity contribution >= 4 is 5.91 Å². The largest absolute Gasteiger partial charge is 0.393 e. The summed E-state index contributed by atoms with van der Waals surface area (Å²) in [4.78, 5) is 11.9. The number of hydrogen-bond donors (Lipinski definition) is 2. The summed E-state index contributed by atoms with van der Waals surface area (Å²) in [7, 11) is 1.81. The molecule has 0 aliphatic heterocycles. The molecule has 1 rings (SSSR count). The summed E-state index contributed by atoms with van der Waals surface area (Å²) in [5, 5.41) is 16.4. The number of nitrogens with zero attached hydrogens (tertiary/aromatic N) is 2. The number of nitrogens with one attached hydrogen (secondary N) is 1. The van der Waals surface area contributed by atoms with Crippen LogP contribution < -0.4 is 5.32 Å². The molecule has 2 N–H and O–H groups in total. The first-order valence-corrected chi connectivity index (χ1v) is 6.18. The number of aromatic nitrogens is 2. The van der Waals surface area contributed by atoms with Crippen molar-refractivity contribution < 1.29 is 9.90 Å². The first kappa shape index (κ1) is 14.7. The van der Waals surface area contributed by atoms with E-state index in [2.05, 4.69) is 10.4 Å². The average Bonchev–Trinajstić information content (AvgIpc) is 2.54. The Morgan fingerprint density at radius 3 is 2.67 bits per heavy atom. The molecule has 1 aromatic rings. The number of carbonyl (C=O) groups excluding carboxylic acids is 1. The Morgan fingerprint density at radius 1 is 1.61 bits per heavy atom. The molecule has 0 spiro atoms. The minimum atomic E-state index is -0.367. The highest BCUT2D eigenvalue weighted by Gasteiger charge is 2.22. The van der Waals surface area contributed by atoms with Gasteiger partial charge >= 0.3 is 0 Å². The number of carbonyl (C=O) groups is 1. The second-order valence-electron chi connectivity index (χ2n) is 5.69. The Kier molecular flexibility index (Phi) is 4.51. The first-order chi connectivity index (χ1) is 8.21. The molecule has 1 atom stereocenters. The number of amides is 1. The maximum absolute atomic E-state index is 11.9. The molecule has 5 heteroatoms. The van der Waals surface area contributed by atoms with Crippen LogP contribution in [-0.2, 0) is 7.05 Å². The van der Waals surface area contributed by atoms with Crippen molar-refractivity contribution in [2.45, 2.75) is 40.2 Å². The van der Waals surface area contributed by atoms with Crippen LogP contribution in [0.4, 0.5) is 0 Å². The van der Waals surface area contributed by atoms with Crippen LogP contribution in [-0.4, -0.2) is 33.4 Å². The molecule has 5 nitrogen and oxygen atoms in total. The molecule has 0 radical (unpaired) electrons. The Balaban J connectivity index is 2.56. The standard InChI is InChI=1S/C13H23N3O2/c1-9-6-11(15-16(9)5)12(18)14-8-13(3,4)7-10(2)17/h6,10,17H,7-8H2,1-5H3,(H,14,18). The number of hydrogen-bond acceptors (Lipinski definition) is 3. The van der Waals surface area contributed by atoms with Gasteiger partial charge in [0.1, 0.15) is 5.69 Å². The summed E-state index contributed by atoms with van der Waals surface area (Å²) < 4.78 is 1.68. The highest BCUT2D eigenvalue weighted by molar-refractivity contribution is 5.92. The van der Waals surface area contributed by atoms with Crippen LogP contribution in [0, 0.1) is 12.3 Å². The molecule has 0 saturated carbocycles. The minimum Gasteiger partial charge on any atom is -0.393 e. The van der Waals surface area contributed by atoms with E-state index < -0.39 is 0 Å². The Labute approximate surface area is 108 Å². The van der Waals surface area contributed by atoms with Crippen molar-refractivity contribution in [3.05, 3.63) is 17.5 Å². The first-order valence-electron chi connectivity index (χ1n) is 6.18. The van der Waals surface area contributed by atoms with Gasteiger partial charge in [0.25, 0.3) is 5.91 Å².